The second kappa shape index (κ2) is 10.8. The van der Waals surface area contributed by atoms with E-state index < -0.39 is 11.9 Å². The van der Waals surface area contributed by atoms with Gasteiger partial charge in [-0.3, -0.25) is 9.59 Å². The lowest BCUT2D eigenvalue weighted by atomic mass is 9.98. The lowest BCUT2D eigenvalue weighted by Gasteiger charge is -2.24. The summed E-state index contributed by atoms with van der Waals surface area (Å²) in [4.78, 5) is 19.3. The van der Waals surface area contributed by atoms with E-state index in [1.807, 2.05) is 24.3 Å². The van der Waals surface area contributed by atoms with Crippen LogP contribution >= 0.6 is 34.8 Å². The number of hydrogen-bond acceptors (Lipinski definition) is 4. The van der Waals surface area contributed by atoms with Crippen LogP contribution < -0.4 is 10.6 Å². The van der Waals surface area contributed by atoms with E-state index >= 15 is 0 Å². The molecule has 0 amide bonds. The first-order chi connectivity index (χ1) is 15.2. The molecular formula is C23H25Cl3N2O4. The predicted octanol–water partition coefficient (Wildman–Crippen LogP) is 5.37. The molecule has 1 heterocycles. The highest BCUT2D eigenvalue weighted by molar-refractivity contribution is 6.35. The van der Waals surface area contributed by atoms with Gasteiger partial charge in [0, 0.05) is 10.0 Å². The van der Waals surface area contributed by atoms with E-state index in [0.29, 0.717) is 10.0 Å². The molecule has 2 aliphatic rings. The molecule has 0 spiro atoms. The Morgan fingerprint density at radius 1 is 0.938 bits per heavy atom. The maximum absolute atomic E-state index is 9.64. The van der Waals surface area contributed by atoms with Crippen molar-refractivity contribution in [3.05, 3.63) is 62.1 Å². The fourth-order valence-electron chi connectivity index (χ4n) is 3.80. The summed E-state index contributed by atoms with van der Waals surface area (Å²) in [6.07, 6.45) is 3.53. The Morgan fingerprint density at radius 3 is 2.19 bits per heavy atom. The van der Waals surface area contributed by atoms with Crippen molar-refractivity contribution >= 4 is 52.4 Å². The van der Waals surface area contributed by atoms with Crippen molar-refractivity contribution < 1.29 is 19.8 Å². The number of carbonyl (C=O) groups is 2. The summed E-state index contributed by atoms with van der Waals surface area (Å²) in [7, 11) is 0. The second-order valence-corrected chi connectivity index (χ2v) is 9.18. The molecule has 0 atom stereocenters. The third kappa shape index (κ3) is 6.29. The Bertz CT molecular complexity index is 995. The Morgan fingerprint density at radius 2 is 1.59 bits per heavy atom. The van der Waals surface area contributed by atoms with Crippen LogP contribution in [0.5, 0.6) is 0 Å². The van der Waals surface area contributed by atoms with Crippen molar-refractivity contribution in [2.45, 2.75) is 44.1 Å². The third-order valence-electron chi connectivity index (χ3n) is 5.60. The highest BCUT2D eigenvalue weighted by Crippen LogP contribution is 2.52. The van der Waals surface area contributed by atoms with Crippen LogP contribution in [0.1, 0.15) is 42.4 Å². The van der Waals surface area contributed by atoms with Crippen LogP contribution in [0, 0.1) is 0 Å². The van der Waals surface area contributed by atoms with Crippen LogP contribution in [0.15, 0.2) is 30.3 Å². The van der Waals surface area contributed by atoms with E-state index in [2.05, 4.69) is 16.7 Å². The zero-order valence-electron chi connectivity index (χ0n) is 17.4. The van der Waals surface area contributed by atoms with Crippen molar-refractivity contribution in [2.75, 3.05) is 18.4 Å². The van der Waals surface area contributed by atoms with E-state index in [-0.39, 0.29) is 18.4 Å². The molecule has 0 radical (unpaired) electrons. The van der Waals surface area contributed by atoms with Gasteiger partial charge in [0.05, 0.1) is 29.1 Å². The van der Waals surface area contributed by atoms with Crippen LogP contribution in [0.25, 0.3) is 0 Å². The minimum atomic E-state index is -1.08. The molecule has 6 nitrogen and oxygen atoms in total. The molecule has 0 aromatic heterocycles. The van der Waals surface area contributed by atoms with E-state index in [4.69, 9.17) is 45.0 Å². The summed E-state index contributed by atoms with van der Waals surface area (Å²) >= 11 is 19.1. The molecule has 4 rings (SSSR count). The smallest absolute Gasteiger partial charge is 0.303 e. The van der Waals surface area contributed by atoms with Gasteiger partial charge >= 0.3 is 11.9 Å². The van der Waals surface area contributed by atoms with Crippen LogP contribution in [0.4, 0.5) is 5.69 Å². The topological polar surface area (TPSA) is 98.7 Å². The minimum absolute atomic E-state index is 0.125. The van der Waals surface area contributed by atoms with E-state index in [1.54, 1.807) is 0 Å². The Labute approximate surface area is 201 Å². The quantitative estimate of drug-likeness (QED) is 0.426. The van der Waals surface area contributed by atoms with Gasteiger partial charge < -0.3 is 20.8 Å². The molecule has 4 N–H and O–H groups in total. The van der Waals surface area contributed by atoms with Gasteiger partial charge in [0.1, 0.15) is 0 Å². The number of hydrogen-bond donors (Lipinski definition) is 4. The van der Waals surface area contributed by atoms with Gasteiger partial charge in [-0.05, 0) is 73.7 Å². The number of anilines is 1. The van der Waals surface area contributed by atoms with E-state index in [9.17, 15) is 9.59 Å². The molecule has 1 fully saturated rings. The number of carboxylic acid groups (broad SMARTS) is 2. The number of benzene rings is 2. The van der Waals surface area contributed by atoms with Crippen molar-refractivity contribution in [1.29, 1.82) is 0 Å². The van der Waals surface area contributed by atoms with Gasteiger partial charge in [0.25, 0.3) is 0 Å². The minimum Gasteiger partial charge on any atom is -0.481 e. The zero-order valence-corrected chi connectivity index (χ0v) is 19.7. The van der Waals surface area contributed by atoms with Gasteiger partial charge in [-0.2, -0.15) is 0 Å². The van der Waals surface area contributed by atoms with Crippen molar-refractivity contribution in [1.82, 2.24) is 5.32 Å². The van der Waals surface area contributed by atoms with Gasteiger partial charge in [-0.15, -0.1) is 0 Å². The summed E-state index contributed by atoms with van der Waals surface area (Å²) in [5, 5.41) is 25.2. The number of fused-ring (bicyclic) bond motifs is 1. The largest absolute Gasteiger partial charge is 0.481 e. The molecule has 32 heavy (non-hydrogen) atoms. The third-order valence-corrected chi connectivity index (χ3v) is 6.46. The summed E-state index contributed by atoms with van der Waals surface area (Å²) in [6.45, 7) is 2.00. The molecule has 0 bridgehead atoms. The lowest BCUT2D eigenvalue weighted by molar-refractivity contribution is -0.143. The number of aliphatic carboxylic acids is 2. The molecular weight excluding hydrogens is 475 g/mol. The Balaban J connectivity index is 0.000000312. The number of nitrogens with one attached hydrogen (secondary N) is 2. The van der Waals surface area contributed by atoms with Crippen LogP contribution in [0.2, 0.25) is 15.1 Å². The molecule has 2 aromatic carbocycles. The van der Waals surface area contributed by atoms with Gasteiger partial charge in [0.2, 0.25) is 0 Å². The maximum Gasteiger partial charge on any atom is 0.303 e. The first kappa shape index (κ1) is 24.6. The van der Waals surface area contributed by atoms with Crippen LogP contribution in [0.3, 0.4) is 0 Å². The number of rotatable bonds is 6. The molecule has 1 aliphatic carbocycles. The Hall–Kier alpha value is -1.99. The molecule has 172 valence electrons. The summed E-state index contributed by atoms with van der Waals surface area (Å²) in [5.41, 5.74) is 4.77. The average molecular weight is 500 g/mol. The van der Waals surface area contributed by atoms with Gasteiger partial charge in [-0.25, -0.2) is 0 Å². The van der Waals surface area contributed by atoms with Crippen LogP contribution in [-0.4, -0.2) is 35.2 Å². The van der Waals surface area contributed by atoms with Gasteiger partial charge in [-0.1, -0.05) is 46.9 Å². The van der Waals surface area contributed by atoms with E-state index in [1.165, 1.54) is 11.1 Å². The SMILES string of the molecule is Clc1ccc(C2(Nc3c(Cl)ccc4c3CCNCC4)CC2)c(Cl)c1.O=C(O)CCC(=O)O. The number of halogens is 3. The maximum atomic E-state index is 9.64. The molecule has 0 saturated heterocycles. The average Bonchev–Trinajstić information content (AvgIpc) is 3.53. The second-order valence-electron chi connectivity index (χ2n) is 7.93. The van der Waals surface area contributed by atoms with Crippen molar-refractivity contribution in [3.8, 4) is 0 Å². The lowest BCUT2D eigenvalue weighted by Crippen LogP contribution is -2.21. The molecule has 9 heteroatoms. The van der Waals surface area contributed by atoms with Crippen molar-refractivity contribution in [2.24, 2.45) is 0 Å². The monoisotopic (exact) mass is 498 g/mol. The zero-order chi connectivity index (χ0) is 23.3. The predicted molar refractivity (Wildman–Crippen MR) is 127 cm³/mol. The summed E-state index contributed by atoms with van der Waals surface area (Å²) in [6, 6.07) is 9.92. The highest BCUT2D eigenvalue weighted by Gasteiger charge is 2.46. The molecule has 1 aliphatic heterocycles. The first-order valence-electron chi connectivity index (χ1n) is 10.4. The first-order valence-corrected chi connectivity index (χ1v) is 11.5. The summed E-state index contributed by atoms with van der Waals surface area (Å²) < 4.78 is 0. The highest BCUT2D eigenvalue weighted by atomic mass is 35.5. The van der Waals surface area contributed by atoms with Gasteiger partial charge in [0.15, 0.2) is 0 Å². The Kier molecular flexibility index (Phi) is 8.28. The fourth-order valence-corrected chi connectivity index (χ4v) is 4.61. The molecule has 1 saturated carbocycles. The molecule has 2 aromatic rings. The van der Waals surface area contributed by atoms with Crippen molar-refractivity contribution in [3.63, 3.8) is 0 Å². The molecule has 0 unspecified atom stereocenters. The number of carboxylic acids is 2. The standard InChI is InChI=1S/C19H19Cl3N2.C4H6O4/c20-13-2-3-15(17(22)11-13)19(7-8-19)24-18-14-6-10-23-9-5-12(14)1-4-16(18)21;5-3(6)1-2-4(7)8/h1-4,11,23-24H,5-10H2;1-2H2,(H,5,6)(H,7,8). The van der Waals surface area contributed by atoms with Crippen LogP contribution in [-0.2, 0) is 28.0 Å². The van der Waals surface area contributed by atoms with E-state index in [0.717, 1.165) is 55.0 Å². The fraction of sp³-hybridized carbons (Fsp3) is 0.391. The summed E-state index contributed by atoms with van der Waals surface area (Å²) in [5.74, 6) is -2.15. The normalized spacial score (nSPS) is 16.1.